The lowest BCUT2D eigenvalue weighted by molar-refractivity contribution is -0.0520. The van der Waals surface area contributed by atoms with Crippen LogP contribution in [0.4, 0.5) is 8.78 Å². The second-order valence-corrected chi connectivity index (χ2v) is 6.32. The molecule has 0 saturated carbocycles. The van der Waals surface area contributed by atoms with E-state index < -0.39 is 6.61 Å². The second kappa shape index (κ2) is 12.2. The molecule has 9 heteroatoms. The number of halogens is 3. The molecule has 0 fully saturated rings. The first kappa shape index (κ1) is 24.6. The van der Waals surface area contributed by atoms with Gasteiger partial charge in [-0.2, -0.15) is 8.78 Å². The number of nitrogens with one attached hydrogen (secondary N) is 2. The first-order valence-electron chi connectivity index (χ1n) is 9.59. The summed E-state index contributed by atoms with van der Waals surface area (Å²) in [5.41, 5.74) is 2.53. The number of nitrogens with zero attached hydrogens (tertiary/aromatic N) is 2. The number of pyridine rings is 1. The highest BCUT2D eigenvalue weighted by molar-refractivity contribution is 14.0. The maximum Gasteiger partial charge on any atom is 0.387 e. The normalized spacial score (nSPS) is 11.2. The molecule has 0 atom stereocenters. The SMILES string of the molecule is CCOc1cccc(CNC(=NC)NCc2ccnc3ccccc23)c1OC(F)F.I. The molecule has 0 amide bonds. The highest BCUT2D eigenvalue weighted by atomic mass is 127. The lowest BCUT2D eigenvalue weighted by atomic mass is 10.1. The number of hydrogen-bond acceptors (Lipinski definition) is 4. The Morgan fingerprint density at radius 1 is 1.03 bits per heavy atom. The van der Waals surface area contributed by atoms with Gasteiger partial charge in [-0.1, -0.05) is 30.3 Å². The molecule has 3 rings (SSSR count). The van der Waals surface area contributed by atoms with Crippen LogP contribution in [-0.2, 0) is 13.1 Å². The van der Waals surface area contributed by atoms with Crippen LogP contribution in [0.2, 0.25) is 0 Å². The van der Waals surface area contributed by atoms with Crippen molar-refractivity contribution in [3.05, 3.63) is 65.9 Å². The monoisotopic (exact) mass is 542 g/mol. The number of fused-ring (bicyclic) bond motifs is 1. The van der Waals surface area contributed by atoms with Crippen molar-refractivity contribution in [2.75, 3.05) is 13.7 Å². The van der Waals surface area contributed by atoms with E-state index in [0.717, 1.165) is 16.5 Å². The van der Waals surface area contributed by atoms with Crippen LogP contribution in [0.5, 0.6) is 11.5 Å². The molecule has 0 spiro atoms. The Hall–Kier alpha value is -2.69. The summed E-state index contributed by atoms with van der Waals surface area (Å²) in [6.45, 7) is -0.0460. The van der Waals surface area contributed by atoms with Crippen molar-refractivity contribution in [3.8, 4) is 11.5 Å². The number of alkyl halides is 2. The van der Waals surface area contributed by atoms with Crippen molar-refractivity contribution in [1.29, 1.82) is 0 Å². The molecule has 0 unspecified atom stereocenters. The molecule has 6 nitrogen and oxygen atoms in total. The maximum atomic E-state index is 12.9. The van der Waals surface area contributed by atoms with E-state index in [4.69, 9.17) is 9.47 Å². The number of guanidine groups is 1. The van der Waals surface area contributed by atoms with E-state index in [0.29, 0.717) is 24.7 Å². The fraction of sp³-hybridized carbons (Fsp3) is 0.273. The minimum Gasteiger partial charge on any atom is -0.490 e. The molecule has 0 aliphatic rings. The number of benzene rings is 2. The summed E-state index contributed by atoms with van der Waals surface area (Å²) < 4.78 is 35.9. The number of hydrogen-bond donors (Lipinski definition) is 2. The van der Waals surface area contributed by atoms with E-state index in [1.54, 1.807) is 38.4 Å². The minimum absolute atomic E-state index is 0. The molecule has 1 heterocycles. The van der Waals surface area contributed by atoms with Gasteiger partial charge in [0.2, 0.25) is 0 Å². The zero-order valence-corrected chi connectivity index (χ0v) is 19.6. The minimum atomic E-state index is -2.94. The van der Waals surface area contributed by atoms with Gasteiger partial charge in [0.15, 0.2) is 17.5 Å². The smallest absolute Gasteiger partial charge is 0.387 e. The molecule has 0 bridgehead atoms. The summed E-state index contributed by atoms with van der Waals surface area (Å²) in [7, 11) is 1.65. The molecule has 1 aromatic heterocycles. The van der Waals surface area contributed by atoms with Gasteiger partial charge in [0, 0.05) is 37.3 Å². The third kappa shape index (κ3) is 6.65. The van der Waals surface area contributed by atoms with E-state index in [-0.39, 0.29) is 42.0 Å². The molecular formula is C22H25F2IN4O2. The van der Waals surface area contributed by atoms with Gasteiger partial charge in [-0.05, 0) is 30.7 Å². The standard InChI is InChI=1S/C22H24F2N4O2.HI/c1-3-29-19-10-6-7-16(20(19)30-21(23)24)14-28-22(25-2)27-13-15-11-12-26-18-9-5-4-8-17(15)18;/h4-12,21H,3,13-14H2,1-2H3,(H2,25,27,28);1H. The van der Waals surface area contributed by atoms with Gasteiger partial charge in [-0.3, -0.25) is 9.98 Å². The Kier molecular flexibility index (Phi) is 9.70. The topological polar surface area (TPSA) is 67.8 Å². The van der Waals surface area contributed by atoms with Gasteiger partial charge >= 0.3 is 6.61 Å². The van der Waals surface area contributed by atoms with E-state index in [1.807, 2.05) is 30.3 Å². The Balaban J connectivity index is 0.00000341. The molecular weight excluding hydrogens is 517 g/mol. The maximum absolute atomic E-state index is 12.9. The number of aliphatic imine (C=N–C) groups is 1. The van der Waals surface area contributed by atoms with Crippen LogP contribution in [0, 0.1) is 0 Å². The molecule has 2 aromatic carbocycles. The summed E-state index contributed by atoms with van der Waals surface area (Å²) in [5.74, 6) is 0.835. The van der Waals surface area contributed by atoms with Crippen molar-refractivity contribution in [2.24, 2.45) is 4.99 Å². The van der Waals surface area contributed by atoms with Crippen LogP contribution in [0.1, 0.15) is 18.1 Å². The molecule has 31 heavy (non-hydrogen) atoms. The predicted molar refractivity (Wildman–Crippen MR) is 128 cm³/mol. The average molecular weight is 542 g/mol. The van der Waals surface area contributed by atoms with Gasteiger partial charge in [0.25, 0.3) is 0 Å². The van der Waals surface area contributed by atoms with Crippen LogP contribution in [0.25, 0.3) is 10.9 Å². The molecule has 0 radical (unpaired) electrons. The highest BCUT2D eigenvalue weighted by Gasteiger charge is 2.16. The first-order chi connectivity index (χ1) is 14.6. The van der Waals surface area contributed by atoms with E-state index >= 15 is 0 Å². The Bertz CT molecular complexity index is 1010. The number of ether oxygens (including phenoxy) is 2. The van der Waals surface area contributed by atoms with Crippen molar-refractivity contribution in [2.45, 2.75) is 26.6 Å². The fourth-order valence-electron chi connectivity index (χ4n) is 3.08. The molecule has 0 aliphatic carbocycles. The lowest BCUT2D eigenvalue weighted by Crippen LogP contribution is -2.36. The number of para-hydroxylation sites is 2. The summed E-state index contributed by atoms with van der Waals surface area (Å²) >= 11 is 0. The van der Waals surface area contributed by atoms with Gasteiger partial charge in [0.05, 0.1) is 12.1 Å². The predicted octanol–water partition coefficient (Wildman–Crippen LogP) is 4.72. The molecule has 3 aromatic rings. The van der Waals surface area contributed by atoms with Crippen molar-refractivity contribution in [1.82, 2.24) is 15.6 Å². The van der Waals surface area contributed by atoms with Crippen LogP contribution in [0.15, 0.2) is 59.7 Å². The van der Waals surface area contributed by atoms with Crippen LogP contribution in [0.3, 0.4) is 0 Å². The van der Waals surface area contributed by atoms with E-state index in [1.165, 1.54) is 0 Å². The third-order valence-corrected chi connectivity index (χ3v) is 4.42. The quantitative estimate of drug-likeness (QED) is 0.245. The fourth-order valence-corrected chi connectivity index (χ4v) is 3.08. The summed E-state index contributed by atoms with van der Waals surface area (Å²) in [5, 5.41) is 7.42. The number of rotatable bonds is 8. The number of aromatic nitrogens is 1. The van der Waals surface area contributed by atoms with Gasteiger partial charge in [0.1, 0.15) is 0 Å². The summed E-state index contributed by atoms with van der Waals surface area (Å²) in [6, 6.07) is 14.9. The van der Waals surface area contributed by atoms with Crippen LogP contribution >= 0.6 is 24.0 Å². The zero-order valence-electron chi connectivity index (χ0n) is 17.3. The summed E-state index contributed by atoms with van der Waals surface area (Å²) in [6.07, 6.45) is 1.77. The third-order valence-electron chi connectivity index (χ3n) is 4.42. The van der Waals surface area contributed by atoms with Gasteiger partial charge in [-0.15, -0.1) is 24.0 Å². The first-order valence-corrected chi connectivity index (χ1v) is 9.59. The van der Waals surface area contributed by atoms with Crippen LogP contribution in [-0.4, -0.2) is 31.2 Å². The lowest BCUT2D eigenvalue weighted by Gasteiger charge is -2.17. The highest BCUT2D eigenvalue weighted by Crippen LogP contribution is 2.32. The van der Waals surface area contributed by atoms with Crippen molar-refractivity contribution < 1.29 is 18.3 Å². The molecule has 2 N–H and O–H groups in total. The largest absolute Gasteiger partial charge is 0.490 e. The second-order valence-electron chi connectivity index (χ2n) is 6.32. The Labute approximate surface area is 197 Å². The molecule has 0 saturated heterocycles. The van der Waals surface area contributed by atoms with Gasteiger partial charge in [-0.25, -0.2) is 0 Å². The van der Waals surface area contributed by atoms with Crippen LogP contribution < -0.4 is 20.1 Å². The van der Waals surface area contributed by atoms with E-state index in [2.05, 4.69) is 20.6 Å². The Morgan fingerprint density at radius 2 is 1.77 bits per heavy atom. The summed E-state index contributed by atoms with van der Waals surface area (Å²) in [4.78, 5) is 8.57. The van der Waals surface area contributed by atoms with Gasteiger partial charge < -0.3 is 20.1 Å². The zero-order chi connectivity index (χ0) is 21.3. The average Bonchev–Trinajstić information content (AvgIpc) is 2.75. The molecule has 166 valence electrons. The van der Waals surface area contributed by atoms with E-state index in [9.17, 15) is 8.78 Å². The van der Waals surface area contributed by atoms with Crippen molar-refractivity contribution >= 4 is 40.8 Å². The Morgan fingerprint density at radius 3 is 2.48 bits per heavy atom. The van der Waals surface area contributed by atoms with Crippen molar-refractivity contribution in [3.63, 3.8) is 0 Å². The molecule has 0 aliphatic heterocycles.